The van der Waals surface area contributed by atoms with Gasteiger partial charge in [-0.05, 0) is 68.8 Å². The lowest BCUT2D eigenvalue weighted by molar-refractivity contribution is -0.120. The standard InChI is InChI=1S/C33H31F2N5O4/c1-2-23-26(34)7-6-21-16-22(44-20-41)17-24(27(21)23)29-28(35)30-25(18-36-29)31(39-10-5-14-42-15-13-39)38-32(37-30)43-19-33-8-3-11-40(33)12-4-9-33/h1,6-7,16-18,20H,3-5,8-15,19H2. The summed E-state index contributed by atoms with van der Waals surface area (Å²) in [6.45, 7) is 5.13. The Morgan fingerprint density at radius 3 is 2.70 bits per heavy atom. The van der Waals surface area contributed by atoms with Gasteiger partial charge in [0.1, 0.15) is 35.2 Å². The molecule has 0 N–H and O–H groups in total. The summed E-state index contributed by atoms with van der Waals surface area (Å²) in [6.07, 6.45) is 12.3. The van der Waals surface area contributed by atoms with Gasteiger partial charge in [0.05, 0.1) is 23.1 Å². The highest BCUT2D eigenvalue weighted by Crippen LogP contribution is 2.41. The molecule has 226 valence electrons. The minimum atomic E-state index is -0.750. The summed E-state index contributed by atoms with van der Waals surface area (Å²) in [5.41, 5.74) is -0.0355. The van der Waals surface area contributed by atoms with Gasteiger partial charge in [-0.15, -0.1) is 6.42 Å². The quantitative estimate of drug-likeness (QED) is 0.218. The molecule has 0 unspecified atom stereocenters. The molecule has 7 rings (SSSR count). The summed E-state index contributed by atoms with van der Waals surface area (Å²) in [7, 11) is 0. The first kappa shape index (κ1) is 28.4. The third-order valence-corrected chi connectivity index (χ3v) is 9.07. The van der Waals surface area contributed by atoms with Crippen molar-refractivity contribution in [3.63, 3.8) is 0 Å². The number of benzene rings is 2. The number of anilines is 1. The Hall–Kier alpha value is -4.40. The van der Waals surface area contributed by atoms with E-state index in [0.29, 0.717) is 49.5 Å². The van der Waals surface area contributed by atoms with Crippen molar-refractivity contribution in [1.29, 1.82) is 0 Å². The lowest BCUT2D eigenvalue weighted by Gasteiger charge is -2.31. The number of carbonyl (C=O) groups excluding carboxylic acids is 1. The molecule has 3 aliphatic heterocycles. The van der Waals surface area contributed by atoms with Gasteiger partial charge in [0.2, 0.25) is 0 Å². The molecule has 3 fully saturated rings. The highest BCUT2D eigenvalue weighted by molar-refractivity contribution is 6.03. The first-order valence-electron chi connectivity index (χ1n) is 14.9. The number of ether oxygens (including phenoxy) is 3. The second kappa shape index (κ2) is 11.6. The highest BCUT2D eigenvalue weighted by Gasteiger charge is 2.45. The van der Waals surface area contributed by atoms with Crippen LogP contribution in [0.4, 0.5) is 14.6 Å². The van der Waals surface area contributed by atoms with Gasteiger partial charge >= 0.3 is 6.01 Å². The van der Waals surface area contributed by atoms with E-state index in [2.05, 4.69) is 20.8 Å². The monoisotopic (exact) mass is 599 g/mol. The van der Waals surface area contributed by atoms with Crippen LogP contribution in [0.1, 0.15) is 37.7 Å². The molecule has 3 saturated heterocycles. The van der Waals surface area contributed by atoms with Gasteiger partial charge in [-0.2, -0.15) is 9.97 Å². The number of carbonyl (C=O) groups is 1. The maximum absolute atomic E-state index is 16.8. The number of fused-ring (bicyclic) bond motifs is 3. The minimum Gasteiger partial charge on any atom is -0.461 e. The van der Waals surface area contributed by atoms with Crippen LogP contribution in [0, 0.1) is 24.0 Å². The molecule has 0 aliphatic carbocycles. The van der Waals surface area contributed by atoms with Crippen molar-refractivity contribution in [1.82, 2.24) is 19.9 Å². The molecule has 44 heavy (non-hydrogen) atoms. The molecule has 0 amide bonds. The molecule has 2 aromatic heterocycles. The first-order valence-corrected chi connectivity index (χ1v) is 14.9. The molecule has 11 heteroatoms. The molecule has 9 nitrogen and oxygen atoms in total. The Labute approximate surface area is 253 Å². The second-order valence-corrected chi connectivity index (χ2v) is 11.5. The van der Waals surface area contributed by atoms with Gasteiger partial charge < -0.3 is 19.1 Å². The van der Waals surface area contributed by atoms with Gasteiger partial charge in [-0.25, -0.2) is 8.78 Å². The maximum Gasteiger partial charge on any atom is 0.319 e. The summed E-state index contributed by atoms with van der Waals surface area (Å²) in [5, 5.41) is 1.15. The molecule has 0 bridgehead atoms. The SMILES string of the molecule is C#Cc1c(F)ccc2cc(OC=O)cc(-c3ncc4c(N5CCCOCC5)nc(OCC56CCCN5CCC6)nc4c3F)c12. The van der Waals surface area contributed by atoms with Crippen LogP contribution in [0.5, 0.6) is 11.8 Å². The van der Waals surface area contributed by atoms with Gasteiger partial charge in [0.15, 0.2) is 5.82 Å². The largest absolute Gasteiger partial charge is 0.461 e. The molecular formula is C33H31F2N5O4. The topological polar surface area (TPSA) is 89.9 Å². The van der Waals surface area contributed by atoms with Crippen molar-refractivity contribution >= 4 is 34.0 Å². The number of terminal acetylenes is 1. The highest BCUT2D eigenvalue weighted by atomic mass is 19.1. The molecule has 0 atom stereocenters. The van der Waals surface area contributed by atoms with Gasteiger partial charge in [-0.1, -0.05) is 12.0 Å². The van der Waals surface area contributed by atoms with Crippen molar-refractivity contribution < 1.29 is 27.8 Å². The van der Waals surface area contributed by atoms with Crippen LogP contribution in [-0.4, -0.2) is 77.9 Å². The van der Waals surface area contributed by atoms with Crippen molar-refractivity contribution in [3.05, 3.63) is 47.7 Å². The van der Waals surface area contributed by atoms with Crippen molar-refractivity contribution in [3.8, 4) is 35.4 Å². The number of hydrogen-bond acceptors (Lipinski definition) is 9. The van der Waals surface area contributed by atoms with E-state index >= 15 is 4.39 Å². The van der Waals surface area contributed by atoms with E-state index in [1.54, 1.807) is 0 Å². The van der Waals surface area contributed by atoms with Gasteiger partial charge in [0, 0.05) is 36.8 Å². The number of hydrogen-bond donors (Lipinski definition) is 0. The average Bonchev–Trinajstić information content (AvgIpc) is 3.50. The molecule has 0 spiro atoms. The zero-order valence-electron chi connectivity index (χ0n) is 24.2. The molecule has 4 aromatic rings. The fraction of sp³-hybridized carbons (Fsp3) is 0.394. The molecule has 0 radical (unpaired) electrons. The van der Waals surface area contributed by atoms with E-state index in [1.807, 2.05) is 4.90 Å². The van der Waals surface area contributed by atoms with E-state index < -0.39 is 11.6 Å². The van der Waals surface area contributed by atoms with Gasteiger partial charge in [0.25, 0.3) is 6.47 Å². The molecule has 0 saturated carbocycles. The first-order chi connectivity index (χ1) is 21.5. The Morgan fingerprint density at radius 2 is 1.91 bits per heavy atom. The van der Waals surface area contributed by atoms with E-state index in [9.17, 15) is 9.18 Å². The number of pyridine rings is 1. The molecule has 5 heterocycles. The summed E-state index contributed by atoms with van der Waals surface area (Å²) < 4.78 is 48.7. The number of rotatable bonds is 7. The van der Waals surface area contributed by atoms with Crippen LogP contribution >= 0.6 is 0 Å². The number of halogens is 2. The zero-order valence-corrected chi connectivity index (χ0v) is 24.2. The zero-order chi connectivity index (χ0) is 30.3. The van der Waals surface area contributed by atoms with E-state index in [1.165, 1.54) is 30.5 Å². The minimum absolute atomic E-state index is 0.0147. The van der Waals surface area contributed by atoms with Crippen LogP contribution in [0.3, 0.4) is 0 Å². The van der Waals surface area contributed by atoms with Crippen LogP contribution in [0.25, 0.3) is 32.9 Å². The molecular weight excluding hydrogens is 568 g/mol. The number of aromatic nitrogens is 3. The summed E-state index contributed by atoms with van der Waals surface area (Å²) in [4.78, 5) is 29.6. The normalized spacial score (nSPS) is 18.2. The van der Waals surface area contributed by atoms with Crippen LogP contribution < -0.4 is 14.4 Å². The smallest absolute Gasteiger partial charge is 0.319 e. The van der Waals surface area contributed by atoms with Crippen molar-refractivity contribution in [2.75, 3.05) is 50.9 Å². The van der Waals surface area contributed by atoms with Crippen LogP contribution in [-0.2, 0) is 9.53 Å². The van der Waals surface area contributed by atoms with Gasteiger partial charge in [-0.3, -0.25) is 14.7 Å². The fourth-order valence-corrected chi connectivity index (χ4v) is 7.00. The van der Waals surface area contributed by atoms with E-state index in [4.69, 9.17) is 25.6 Å². The number of nitrogens with zero attached hydrogens (tertiary/aromatic N) is 5. The molecule has 3 aliphatic rings. The lowest BCUT2D eigenvalue weighted by atomic mass is 9.95. The summed E-state index contributed by atoms with van der Waals surface area (Å²) >= 11 is 0. The van der Waals surface area contributed by atoms with Crippen LogP contribution in [0.2, 0.25) is 0 Å². The Bertz CT molecular complexity index is 1790. The Kier molecular flexibility index (Phi) is 7.48. The predicted molar refractivity (Wildman–Crippen MR) is 161 cm³/mol. The van der Waals surface area contributed by atoms with Crippen LogP contribution in [0.15, 0.2) is 30.5 Å². The lowest BCUT2D eigenvalue weighted by Crippen LogP contribution is -2.43. The Morgan fingerprint density at radius 1 is 1.07 bits per heavy atom. The summed E-state index contributed by atoms with van der Waals surface area (Å²) in [5.74, 6) is 1.64. The second-order valence-electron chi connectivity index (χ2n) is 11.5. The Balaban J connectivity index is 1.40. The average molecular weight is 600 g/mol. The predicted octanol–water partition coefficient (Wildman–Crippen LogP) is 4.87. The fourth-order valence-electron chi connectivity index (χ4n) is 7.00. The van der Waals surface area contributed by atoms with Crippen molar-refractivity contribution in [2.45, 2.75) is 37.6 Å². The van der Waals surface area contributed by atoms with Crippen molar-refractivity contribution in [2.24, 2.45) is 0 Å². The third kappa shape index (κ3) is 4.88. The van der Waals surface area contributed by atoms with E-state index in [-0.39, 0.29) is 51.5 Å². The summed E-state index contributed by atoms with van der Waals surface area (Å²) in [6, 6.07) is 5.76. The third-order valence-electron chi connectivity index (χ3n) is 9.07. The van der Waals surface area contributed by atoms with E-state index in [0.717, 1.165) is 45.2 Å². The molecule has 2 aromatic carbocycles. The maximum atomic E-state index is 16.8.